The van der Waals surface area contributed by atoms with E-state index in [1.165, 1.54) is 57.8 Å². The van der Waals surface area contributed by atoms with Crippen molar-refractivity contribution in [3.05, 3.63) is 0 Å². The van der Waals surface area contributed by atoms with Crippen LogP contribution in [0.25, 0.3) is 0 Å². The van der Waals surface area contributed by atoms with E-state index in [4.69, 9.17) is 12.2 Å². The predicted molar refractivity (Wildman–Crippen MR) is 91.1 cm³/mol. The van der Waals surface area contributed by atoms with Gasteiger partial charge >= 0.3 is 0 Å². The third kappa shape index (κ3) is 2.83. The largest absolute Gasteiger partial charge is 0.360 e. The zero-order valence-corrected chi connectivity index (χ0v) is 14.1. The van der Waals surface area contributed by atoms with E-state index < -0.39 is 0 Å². The summed E-state index contributed by atoms with van der Waals surface area (Å²) >= 11 is 5.66. The van der Waals surface area contributed by atoms with Gasteiger partial charge < -0.3 is 10.6 Å². The lowest BCUT2D eigenvalue weighted by Gasteiger charge is -2.54. The smallest absolute Gasteiger partial charge is 0.166 e. The first-order valence-electron chi connectivity index (χ1n) is 9.26. The molecule has 0 aliphatic heterocycles. The maximum absolute atomic E-state index is 5.66. The summed E-state index contributed by atoms with van der Waals surface area (Å²) in [5, 5.41) is 8.35. The normalized spacial score (nSPS) is 48.1. The van der Waals surface area contributed by atoms with E-state index in [9.17, 15) is 0 Å². The number of thiocarbonyl (C=S) groups is 1. The van der Waals surface area contributed by atoms with Crippen molar-refractivity contribution in [3.8, 4) is 0 Å². The van der Waals surface area contributed by atoms with Gasteiger partial charge in [0.15, 0.2) is 5.11 Å². The molecule has 0 heterocycles. The molecule has 2 N–H and O–H groups in total. The van der Waals surface area contributed by atoms with E-state index in [1.807, 2.05) is 0 Å². The topological polar surface area (TPSA) is 24.1 Å². The predicted octanol–water partition coefficient (Wildman–Crippen LogP) is 3.85. The fraction of sp³-hybridized carbons (Fsp3) is 0.944. The summed E-state index contributed by atoms with van der Waals surface area (Å²) in [5.41, 5.74) is 0. The summed E-state index contributed by atoms with van der Waals surface area (Å²) in [4.78, 5) is 0. The van der Waals surface area contributed by atoms with Gasteiger partial charge in [-0.2, -0.15) is 0 Å². The van der Waals surface area contributed by atoms with Crippen LogP contribution in [0.1, 0.15) is 64.7 Å². The molecule has 0 aromatic heterocycles. The minimum Gasteiger partial charge on any atom is -0.360 e. The van der Waals surface area contributed by atoms with Crippen molar-refractivity contribution in [3.63, 3.8) is 0 Å². The van der Waals surface area contributed by atoms with Crippen molar-refractivity contribution < 1.29 is 0 Å². The highest BCUT2D eigenvalue weighted by Crippen LogP contribution is 2.53. The molecule has 4 bridgehead atoms. The van der Waals surface area contributed by atoms with Crippen molar-refractivity contribution in [2.24, 2.45) is 29.6 Å². The molecule has 0 aromatic rings. The van der Waals surface area contributed by atoms with Gasteiger partial charge in [-0.05, 0) is 86.8 Å². The van der Waals surface area contributed by atoms with E-state index in [-0.39, 0.29) is 0 Å². The van der Waals surface area contributed by atoms with Gasteiger partial charge in [-0.3, -0.25) is 0 Å². The molecule has 5 saturated carbocycles. The highest BCUT2D eigenvalue weighted by atomic mass is 32.1. The first-order chi connectivity index (χ1) is 10.2. The molecule has 0 spiro atoms. The molecule has 5 aliphatic rings. The Morgan fingerprint density at radius 1 is 0.857 bits per heavy atom. The van der Waals surface area contributed by atoms with E-state index in [0.717, 1.165) is 34.7 Å². The molecule has 5 aliphatic carbocycles. The number of hydrogen-bond acceptors (Lipinski definition) is 1. The highest BCUT2D eigenvalue weighted by molar-refractivity contribution is 7.80. The second-order valence-electron chi connectivity index (χ2n) is 8.44. The quantitative estimate of drug-likeness (QED) is 0.758. The summed E-state index contributed by atoms with van der Waals surface area (Å²) in [6.45, 7) is 2.38. The fourth-order valence-electron chi connectivity index (χ4n) is 6.05. The number of nitrogens with one attached hydrogen (secondary N) is 2. The van der Waals surface area contributed by atoms with Crippen molar-refractivity contribution in [2.45, 2.75) is 76.8 Å². The van der Waals surface area contributed by atoms with Crippen LogP contribution in [0.4, 0.5) is 0 Å². The Hall–Kier alpha value is -0.310. The standard InChI is InChI=1S/C18H30N2S/c1-11-4-2-3-5-16(11)19-18(21)20-17-14-7-12-6-13(9-14)10-15(17)8-12/h11-17H,2-10H2,1H3,(H2,19,20,21)/t11-,12?,13?,14?,15?,16-,17?/m0/s1. The van der Waals surface area contributed by atoms with Crippen LogP contribution in [0.15, 0.2) is 0 Å². The maximum atomic E-state index is 5.66. The Balaban J connectivity index is 1.34. The molecular formula is C18H30N2S. The summed E-state index contributed by atoms with van der Waals surface area (Å²) in [6, 6.07) is 1.28. The summed E-state index contributed by atoms with van der Waals surface area (Å²) in [6.07, 6.45) is 12.8. The van der Waals surface area contributed by atoms with Gasteiger partial charge in [0.05, 0.1) is 0 Å². The molecule has 21 heavy (non-hydrogen) atoms. The summed E-state index contributed by atoms with van der Waals surface area (Å²) < 4.78 is 0. The van der Waals surface area contributed by atoms with Gasteiger partial charge in [-0.15, -0.1) is 0 Å². The van der Waals surface area contributed by atoms with Gasteiger partial charge in [0.1, 0.15) is 0 Å². The molecule has 5 rings (SSSR count). The minimum atomic E-state index is 0.607. The fourth-order valence-corrected chi connectivity index (χ4v) is 6.34. The van der Waals surface area contributed by atoms with Crippen molar-refractivity contribution in [1.29, 1.82) is 0 Å². The van der Waals surface area contributed by atoms with Gasteiger partial charge in [-0.1, -0.05) is 19.8 Å². The summed E-state index contributed by atoms with van der Waals surface area (Å²) in [5.74, 6) is 4.68. The monoisotopic (exact) mass is 306 g/mol. The molecule has 2 nitrogen and oxygen atoms in total. The van der Waals surface area contributed by atoms with Crippen molar-refractivity contribution in [1.82, 2.24) is 10.6 Å². The molecule has 0 saturated heterocycles. The van der Waals surface area contributed by atoms with E-state index in [1.54, 1.807) is 0 Å². The van der Waals surface area contributed by atoms with Gasteiger partial charge in [0.2, 0.25) is 0 Å². The molecule has 5 fully saturated rings. The molecular weight excluding hydrogens is 276 g/mol. The third-order valence-electron chi connectivity index (χ3n) is 6.95. The lowest BCUT2D eigenvalue weighted by atomic mass is 9.54. The average molecular weight is 307 g/mol. The van der Waals surface area contributed by atoms with Crippen molar-refractivity contribution >= 4 is 17.3 Å². The van der Waals surface area contributed by atoms with Crippen LogP contribution in [0.5, 0.6) is 0 Å². The first-order valence-corrected chi connectivity index (χ1v) is 9.67. The van der Waals surface area contributed by atoms with Crippen LogP contribution in [0.3, 0.4) is 0 Å². The van der Waals surface area contributed by atoms with E-state index in [2.05, 4.69) is 17.6 Å². The average Bonchev–Trinajstić information content (AvgIpc) is 2.44. The van der Waals surface area contributed by atoms with E-state index in [0.29, 0.717) is 12.1 Å². The van der Waals surface area contributed by atoms with Crippen LogP contribution in [0, 0.1) is 29.6 Å². The lowest BCUT2D eigenvalue weighted by Crippen LogP contribution is -2.58. The minimum absolute atomic E-state index is 0.607. The molecule has 0 radical (unpaired) electrons. The molecule has 0 aromatic carbocycles. The molecule has 0 unspecified atom stereocenters. The Kier molecular flexibility index (Phi) is 3.89. The van der Waals surface area contributed by atoms with Crippen LogP contribution in [0.2, 0.25) is 0 Å². The van der Waals surface area contributed by atoms with Crippen LogP contribution < -0.4 is 10.6 Å². The number of rotatable bonds is 2. The maximum Gasteiger partial charge on any atom is 0.166 e. The first kappa shape index (κ1) is 14.3. The second-order valence-corrected chi connectivity index (χ2v) is 8.85. The third-order valence-corrected chi connectivity index (χ3v) is 7.19. The Morgan fingerprint density at radius 2 is 1.48 bits per heavy atom. The van der Waals surface area contributed by atoms with E-state index >= 15 is 0 Å². The zero-order valence-electron chi connectivity index (χ0n) is 13.3. The zero-order chi connectivity index (χ0) is 14.4. The van der Waals surface area contributed by atoms with Crippen LogP contribution >= 0.6 is 12.2 Å². The molecule has 3 heteroatoms. The Morgan fingerprint density at radius 3 is 2.10 bits per heavy atom. The Labute approximate surface area is 134 Å². The number of hydrogen-bond donors (Lipinski definition) is 2. The van der Waals surface area contributed by atoms with Gasteiger partial charge in [0.25, 0.3) is 0 Å². The van der Waals surface area contributed by atoms with Gasteiger partial charge in [0, 0.05) is 12.1 Å². The van der Waals surface area contributed by atoms with Crippen LogP contribution in [-0.2, 0) is 0 Å². The van der Waals surface area contributed by atoms with Crippen LogP contribution in [-0.4, -0.2) is 17.2 Å². The highest BCUT2D eigenvalue weighted by Gasteiger charge is 2.48. The van der Waals surface area contributed by atoms with Crippen molar-refractivity contribution in [2.75, 3.05) is 0 Å². The second kappa shape index (κ2) is 5.72. The lowest BCUT2D eigenvalue weighted by molar-refractivity contribution is -0.00705. The Bertz CT molecular complexity index is 380. The van der Waals surface area contributed by atoms with Gasteiger partial charge in [-0.25, -0.2) is 0 Å². The molecule has 118 valence electrons. The molecule has 2 atom stereocenters. The summed E-state index contributed by atoms with van der Waals surface area (Å²) in [7, 11) is 0. The molecule has 0 amide bonds. The SMILES string of the molecule is C[C@H]1CCCC[C@@H]1NC(=S)NC1C2CC3CC(C2)CC1C3.